The first kappa shape index (κ1) is 18.9. The predicted molar refractivity (Wildman–Crippen MR) is 96.7 cm³/mol. The summed E-state index contributed by atoms with van der Waals surface area (Å²) < 4.78 is 42.0. The maximum atomic E-state index is 14.0. The first-order valence-electron chi connectivity index (χ1n) is 7.83. The van der Waals surface area contributed by atoms with Crippen molar-refractivity contribution in [1.29, 1.82) is 0 Å². The summed E-state index contributed by atoms with van der Waals surface area (Å²) in [5.74, 6) is 0. The van der Waals surface area contributed by atoms with Gasteiger partial charge in [-0.15, -0.1) is 0 Å². The van der Waals surface area contributed by atoms with Crippen LogP contribution >= 0.6 is 23.2 Å². The third-order valence-electron chi connectivity index (χ3n) is 4.35. The lowest BCUT2D eigenvalue weighted by Gasteiger charge is -2.30. The Morgan fingerprint density at radius 1 is 1.19 bits per heavy atom. The Kier molecular flexibility index (Phi) is 4.84. The Bertz CT molecular complexity index is 883. The standard InChI is InChI=1S/C18H15Cl2F3N2O/c1-2-10-5-12(8-13(19)6-10)17(18(21,22)23)9-16(25-26-17)11-3-4-14(20)15(24)7-11/h3-8H,2,9,24H2,1H3. The molecule has 0 saturated carbocycles. The van der Waals surface area contributed by atoms with E-state index in [1.165, 1.54) is 24.3 Å². The molecule has 26 heavy (non-hydrogen) atoms. The second-order valence-electron chi connectivity index (χ2n) is 6.07. The van der Waals surface area contributed by atoms with Crippen LogP contribution in [0.1, 0.15) is 30.0 Å². The summed E-state index contributed by atoms with van der Waals surface area (Å²) >= 11 is 11.9. The molecule has 0 amide bonds. The van der Waals surface area contributed by atoms with Crippen LogP contribution in [-0.2, 0) is 16.9 Å². The smallest absolute Gasteiger partial charge is 0.398 e. The normalized spacial score (nSPS) is 20.0. The van der Waals surface area contributed by atoms with Gasteiger partial charge in [0.05, 0.1) is 16.4 Å². The average molecular weight is 403 g/mol. The van der Waals surface area contributed by atoms with Crippen molar-refractivity contribution < 1.29 is 18.0 Å². The van der Waals surface area contributed by atoms with Gasteiger partial charge in [0.15, 0.2) is 0 Å². The van der Waals surface area contributed by atoms with Gasteiger partial charge in [0.25, 0.3) is 5.60 Å². The van der Waals surface area contributed by atoms with Gasteiger partial charge in [0, 0.05) is 22.6 Å². The first-order chi connectivity index (χ1) is 12.2. The zero-order chi connectivity index (χ0) is 19.1. The Balaban J connectivity index is 2.05. The van der Waals surface area contributed by atoms with Crippen molar-refractivity contribution >= 4 is 34.6 Å². The SMILES string of the molecule is CCc1cc(Cl)cc(C2(C(F)(F)F)CC(c3ccc(Cl)c(N)c3)=NO2)c1. The van der Waals surface area contributed by atoms with Crippen molar-refractivity contribution in [3.8, 4) is 0 Å². The molecule has 8 heteroatoms. The lowest BCUT2D eigenvalue weighted by Crippen LogP contribution is -2.42. The topological polar surface area (TPSA) is 47.6 Å². The molecule has 2 N–H and O–H groups in total. The molecule has 0 fully saturated rings. The molecule has 1 aliphatic rings. The molecule has 1 atom stereocenters. The second kappa shape index (κ2) is 6.67. The van der Waals surface area contributed by atoms with E-state index in [4.69, 9.17) is 33.8 Å². The molecule has 0 saturated heterocycles. The van der Waals surface area contributed by atoms with Crippen LogP contribution in [0.5, 0.6) is 0 Å². The number of aryl methyl sites for hydroxylation is 1. The van der Waals surface area contributed by atoms with Gasteiger partial charge in [0.2, 0.25) is 0 Å². The Labute approximate surface area is 158 Å². The molecule has 0 aromatic heterocycles. The third-order valence-corrected chi connectivity index (χ3v) is 4.91. The number of nitrogens with zero attached hydrogens (tertiary/aromatic N) is 1. The summed E-state index contributed by atoms with van der Waals surface area (Å²) in [7, 11) is 0. The summed E-state index contributed by atoms with van der Waals surface area (Å²) in [5, 5.41) is 4.25. The van der Waals surface area contributed by atoms with Gasteiger partial charge in [0.1, 0.15) is 0 Å². The monoisotopic (exact) mass is 402 g/mol. The highest BCUT2D eigenvalue weighted by atomic mass is 35.5. The third kappa shape index (κ3) is 3.23. The van der Waals surface area contributed by atoms with E-state index in [-0.39, 0.29) is 22.0 Å². The number of rotatable bonds is 3. The predicted octanol–water partition coefficient (Wildman–Crippen LogP) is 5.72. The van der Waals surface area contributed by atoms with Crippen LogP contribution in [0, 0.1) is 0 Å². The molecule has 2 aromatic carbocycles. The zero-order valence-corrected chi connectivity index (χ0v) is 15.2. The van der Waals surface area contributed by atoms with Crippen molar-refractivity contribution in [3.05, 3.63) is 63.1 Å². The van der Waals surface area contributed by atoms with Crippen LogP contribution in [0.4, 0.5) is 18.9 Å². The van der Waals surface area contributed by atoms with E-state index < -0.39 is 18.2 Å². The van der Waals surface area contributed by atoms with E-state index in [2.05, 4.69) is 5.16 Å². The lowest BCUT2D eigenvalue weighted by atomic mass is 9.85. The van der Waals surface area contributed by atoms with Crippen LogP contribution in [-0.4, -0.2) is 11.9 Å². The number of alkyl halides is 3. The van der Waals surface area contributed by atoms with Crippen molar-refractivity contribution in [2.75, 3.05) is 5.73 Å². The molecule has 3 nitrogen and oxygen atoms in total. The highest BCUT2D eigenvalue weighted by Gasteiger charge is 2.62. The number of halogens is 5. The van der Waals surface area contributed by atoms with Gasteiger partial charge in [-0.05, 0) is 36.2 Å². The van der Waals surface area contributed by atoms with Crippen molar-refractivity contribution in [1.82, 2.24) is 0 Å². The molecule has 0 spiro atoms. The Hall–Kier alpha value is -1.92. The molecule has 3 rings (SSSR count). The maximum Gasteiger partial charge on any atom is 0.435 e. The van der Waals surface area contributed by atoms with Crippen LogP contribution in [0.2, 0.25) is 10.0 Å². The molecule has 0 radical (unpaired) electrons. The second-order valence-corrected chi connectivity index (χ2v) is 6.91. The molecular weight excluding hydrogens is 388 g/mol. The highest BCUT2D eigenvalue weighted by Crippen LogP contribution is 2.49. The number of hydrogen-bond acceptors (Lipinski definition) is 3. The summed E-state index contributed by atoms with van der Waals surface area (Å²) in [6, 6.07) is 8.90. The highest BCUT2D eigenvalue weighted by molar-refractivity contribution is 6.33. The summed E-state index contributed by atoms with van der Waals surface area (Å²) in [6.07, 6.45) is -4.63. The van der Waals surface area contributed by atoms with Gasteiger partial charge in [-0.25, -0.2) is 0 Å². The van der Waals surface area contributed by atoms with Crippen LogP contribution in [0.15, 0.2) is 41.6 Å². The number of hydrogen-bond donors (Lipinski definition) is 1. The van der Waals surface area contributed by atoms with E-state index in [1.807, 2.05) is 6.92 Å². The number of benzene rings is 2. The molecule has 2 aromatic rings. The van der Waals surface area contributed by atoms with Crippen LogP contribution in [0.3, 0.4) is 0 Å². The quantitative estimate of drug-likeness (QED) is 0.667. The van der Waals surface area contributed by atoms with Crippen LogP contribution < -0.4 is 5.73 Å². The summed E-state index contributed by atoms with van der Waals surface area (Å²) in [4.78, 5) is 5.01. The largest absolute Gasteiger partial charge is 0.435 e. The molecule has 1 heterocycles. The summed E-state index contributed by atoms with van der Waals surface area (Å²) in [6.45, 7) is 1.84. The van der Waals surface area contributed by atoms with Gasteiger partial charge in [-0.2, -0.15) is 13.2 Å². The molecule has 138 valence electrons. The van der Waals surface area contributed by atoms with E-state index >= 15 is 0 Å². The minimum atomic E-state index is -4.69. The molecular formula is C18H15Cl2F3N2O. The molecule has 1 unspecified atom stereocenters. The van der Waals surface area contributed by atoms with E-state index in [0.717, 1.165) is 0 Å². The lowest BCUT2D eigenvalue weighted by molar-refractivity contribution is -0.275. The van der Waals surface area contributed by atoms with E-state index in [9.17, 15) is 13.2 Å². The number of anilines is 1. The summed E-state index contributed by atoms with van der Waals surface area (Å²) in [5.41, 5.74) is 4.59. The number of nitrogens with two attached hydrogens (primary N) is 1. The van der Waals surface area contributed by atoms with Crippen molar-refractivity contribution in [3.63, 3.8) is 0 Å². The zero-order valence-electron chi connectivity index (χ0n) is 13.7. The minimum absolute atomic E-state index is 0.0740. The minimum Gasteiger partial charge on any atom is -0.398 e. The van der Waals surface area contributed by atoms with Gasteiger partial charge in [-0.3, -0.25) is 0 Å². The van der Waals surface area contributed by atoms with Gasteiger partial charge < -0.3 is 10.6 Å². The number of oxime groups is 1. The number of nitrogen functional groups attached to an aromatic ring is 1. The molecule has 0 bridgehead atoms. The maximum absolute atomic E-state index is 14.0. The van der Waals surface area contributed by atoms with E-state index in [1.54, 1.807) is 12.1 Å². The van der Waals surface area contributed by atoms with E-state index in [0.29, 0.717) is 22.6 Å². The fourth-order valence-electron chi connectivity index (χ4n) is 2.87. The average Bonchev–Trinajstić information content (AvgIpc) is 3.03. The van der Waals surface area contributed by atoms with Gasteiger partial charge >= 0.3 is 6.18 Å². The fourth-order valence-corrected chi connectivity index (χ4v) is 3.24. The first-order valence-corrected chi connectivity index (χ1v) is 8.59. The van der Waals surface area contributed by atoms with Crippen molar-refractivity contribution in [2.24, 2.45) is 5.16 Å². The Morgan fingerprint density at radius 3 is 2.54 bits per heavy atom. The van der Waals surface area contributed by atoms with Crippen LogP contribution in [0.25, 0.3) is 0 Å². The Morgan fingerprint density at radius 2 is 1.92 bits per heavy atom. The van der Waals surface area contributed by atoms with Crippen molar-refractivity contribution in [2.45, 2.75) is 31.5 Å². The molecule has 0 aliphatic carbocycles. The van der Waals surface area contributed by atoms with Gasteiger partial charge in [-0.1, -0.05) is 47.4 Å². The molecule has 1 aliphatic heterocycles. The fraction of sp³-hybridized carbons (Fsp3) is 0.278.